The number of urea groups is 1. The van der Waals surface area contributed by atoms with E-state index in [-0.39, 0.29) is 12.6 Å². The Morgan fingerprint density at radius 3 is 2.24 bits per heavy atom. The van der Waals surface area contributed by atoms with Gasteiger partial charge in [-0.2, -0.15) is 0 Å². The van der Waals surface area contributed by atoms with Gasteiger partial charge in [-0.25, -0.2) is 4.79 Å². The second-order valence-electron chi connectivity index (χ2n) is 4.53. The molecule has 1 N–H and O–H groups in total. The second-order valence-corrected chi connectivity index (χ2v) is 4.53. The standard InChI is InChI=1S/C12H24N2O3/c1-5-6-7-8-13(3)12(17)14(4)9-10(2)11(15)16/h10H,5-9H2,1-4H3,(H,15,16). The van der Waals surface area contributed by atoms with Crippen molar-refractivity contribution in [2.45, 2.75) is 33.1 Å². The number of amides is 2. The van der Waals surface area contributed by atoms with Crippen molar-refractivity contribution >= 4 is 12.0 Å². The molecule has 0 radical (unpaired) electrons. The van der Waals surface area contributed by atoms with E-state index < -0.39 is 11.9 Å². The van der Waals surface area contributed by atoms with E-state index in [2.05, 4.69) is 6.92 Å². The molecule has 0 spiro atoms. The maximum Gasteiger partial charge on any atom is 0.319 e. The lowest BCUT2D eigenvalue weighted by Crippen LogP contribution is -2.42. The summed E-state index contributed by atoms with van der Waals surface area (Å²) in [6, 6.07) is -0.116. The van der Waals surface area contributed by atoms with E-state index in [1.165, 1.54) is 4.90 Å². The molecule has 0 aromatic carbocycles. The van der Waals surface area contributed by atoms with E-state index in [9.17, 15) is 9.59 Å². The molecule has 0 saturated carbocycles. The van der Waals surface area contributed by atoms with Gasteiger partial charge in [0.1, 0.15) is 0 Å². The highest BCUT2D eigenvalue weighted by atomic mass is 16.4. The molecular formula is C12H24N2O3. The highest BCUT2D eigenvalue weighted by Crippen LogP contribution is 2.03. The third-order valence-electron chi connectivity index (χ3n) is 2.72. The van der Waals surface area contributed by atoms with Crippen LogP contribution in [-0.2, 0) is 4.79 Å². The van der Waals surface area contributed by atoms with Crippen LogP contribution in [0.3, 0.4) is 0 Å². The molecule has 0 aromatic rings. The average molecular weight is 244 g/mol. The van der Waals surface area contributed by atoms with Crippen molar-refractivity contribution in [3.63, 3.8) is 0 Å². The minimum atomic E-state index is -0.877. The number of carbonyl (C=O) groups excluding carboxylic acids is 1. The predicted molar refractivity (Wildman–Crippen MR) is 67.0 cm³/mol. The number of hydrogen-bond acceptors (Lipinski definition) is 2. The van der Waals surface area contributed by atoms with Crippen molar-refractivity contribution in [1.82, 2.24) is 9.80 Å². The highest BCUT2D eigenvalue weighted by Gasteiger charge is 2.19. The topological polar surface area (TPSA) is 60.9 Å². The van der Waals surface area contributed by atoms with Crippen molar-refractivity contribution in [3.05, 3.63) is 0 Å². The molecule has 0 saturated heterocycles. The Balaban J connectivity index is 4.06. The van der Waals surface area contributed by atoms with Crippen molar-refractivity contribution in [1.29, 1.82) is 0 Å². The van der Waals surface area contributed by atoms with Crippen LogP contribution in [-0.4, -0.2) is 54.1 Å². The number of nitrogens with zero attached hydrogens (tertiary/aromatic N) is 2. The molecule has 0 aliphatic heterocycles. The summed E-state index contributed by atoms with van der Waals surface area (Å²) in [5.41, 5.74) is 0. The smallest absolute Gasteiger partial charge is 0.319 e. The molecule has 0 fully saturated rings. The maximum atomic E-state index is 11.9. The van der Waals surface area contributed by atoms with Crippen LogP contribution in [0, 0.1) is 5.92 Å². The van der Waals surface area contributed by atoms with Gasteiger partial charge >= 0.3 is 12.0 Å². The zero-order chi connectivity index (χ0) is 13.4. The van der Waals surface area contributed by atoms with Crippen LogP contribution in [0.25, 0.3) is 0 Å². The summed E-state index contributed by atoms with van der Waals surface area (Å²) in [5, 5.41) is 8.77. The van der Waals surface area contributed by atoms with Crippen molar-refractivity contribution in [3.8, 4) is 0 Å². The maximum absolute atomic E-state index is 11.9. The van der Waals surface area contributed by atoms with Crippen molar-refractivity contribution < 1.29 is 14.7 Å². The van der Waals surface area contributed by atoms with Gasteiger partial charge in [0, 0.05) is 27.2 Å². The molecule has 100 valence electrons. The van der Waals surface area contributed by atoms with Crippen LogP contribution >= 0.6 is 0 Å². The van der Waals surface area contributed by atoms with Gasteiger partial charge in [0.2, 0.25) is 0 Å². The molecule has 0 aliphatic carbocycles. The molecule has 0 aromatic heterocycles. The van der Waals surface area contributed by atoms with E-state index in [1.54, 1.807) is 25.9 Å². The molecule has 0 aliphatic rings. The number of carboxylic acid groups (broad SMARTS) is 1. The van der Waals surface area contributed by atoms with Crippen LogP contribution in [0.2, 0.25) is 0 Å². The fourth-order valence-electron chi connectivity index (χ4n) is 1.55. The number of rotatable bonds is 7. The lowest BCUT2D eigenvalue weighted by atomic mass is 10.2. The van der Waals surface area contributed by atoms with Crippen molar-refractivity contribution in [2.75, 3.05) is 27.2 Å². The first-order valence-electron chi connectivity index (χ1n) is 6.09. The molecule has 2 amide bonds. The summed E-state index contributed by atoms with van der Waals surface area (Å²) in [6.45, 7) is 4.68. The molecule has 5 heteroatoms. The van der Waals surface area contributed by atoms with Gasteiger partial charge < -0.3 is 14.9 Å². The number of carboxylic acids is 1. The predicted octanol–water partition coefficient (Wildman–Crippen LogP) is 1.88. The van der Waals surface area contributed by atoms with E-state index in [0.717, 1.165) is 25.8 Å². The summed E-state index contributed by atoms with van der Waals surface area (Å²) < 4.78 is 0. The minimum absolute atomic E-state index is 0.116. The first-order valence-corrected chi connectivity index (χ1v) is 6.09. The third-order valence-corrected chi connectivity index (χ3v) is 2.72. The molecule has 1 atom stereocenters. The van der Waals surface area contributed by atoms with Gasteiger partial charge in [-0.05, 0) is 6.42 Å². The van der Waals surface area contributed by atoms with Gasteiger partial charge in [0.05, 0.1) is 5.92 Å². The van der Waals surface area contributed by atoms with Crippen LogP contribution in [0.15, 0.2) is 0 Å². The van der Waals surface area contributed by atoms with Crippen LogP contribution < -0.4 is 0 Å². The normalized spacial score (nSPS) is 12.0. The van der Waals surface area contributed by atoms with Crippen LogP contribution in [0.1, 0.15) is 33.1 Å². The SMILES string of the molecule is CCCCCN(C)C(=O)N(C)CC(C)C(=O)O. The number of hydrogen-bond donors (Lipinski definition) is 1. The molecule has 5 nitrogen and oxygen atoms in total. The van der Waals surface area contributed by atoms with Crippen LogP contribution in [0.5, 0.6) is 0 Å². The molecule has 0 heterocycles. The van der Waals surface area contributed by atoms with E-state index in [0.29, 0.717) is 0 Å². The van der Waals surface area contributed by atoms with Gasteiger partial charge in [-0.3, -0.25) is 4.79 Å². The Hall–Kier alpha value is -1.26. The summed E-state index contributed by atoms with van der Waals surface area (Å²) >= 11 is 0. The quantitative estimate of drug-likeness (QED) is 0.696. The summed E-state index contributed by atoms with van der Waals surface area (Å²) in [7, 11) is 3.39. The van der Waals surface area contributed by atoms with Gasteiger partial charge in [0.15, 0.2) is 0 Å². The van der Waals surface area contributed by atoms with Crippen LogP contribution in [0.4, 0.5) is 4.79 Å². The zero-order valence-electron chi connectivity index (χ0n) is 11.3. The van der Waals surface area contributed by atoms with Gasteiger partial charge in [0.25, 0.3) is 0 Å². The Kier molecular flexibility index (Phi) is 7.34. The molecule has 0 bridgehead atoms. The summed E-state index contributed by atoms with van der Waals surface area (Å²) in [4.78, 5) is 25.6. The largest absolute Gasteiger partial charge is 0.481 e. The molecule has 0 rings (SSSR count). The Bertz CT molecular complexity index is 256. The highest BCUT2D eigenvalue weighted by molar-refractivity contribution is 5.75. The van der Waals surface area contributed by atoms with E-state index in [1.807, 2.05) is 0 Å². The first kappa shape index (κ1) is 15.7. The Morgan fingerprint density at radius 1 is 1.18 bits per heavy atom. The lowest BCUT2D eigenvalue weighted by molar-refractivity contribution is -0.141. The number of unbranched alkanes of at least 4 members (excludes halogenated alkanes) is 2. The van der Waals surface area contributed by atoms with E-state index >= 15 is 0 Å². The monoisotopic (exact) mass is 244 g/mol. The molecule has 1 unspecified atom stereocenters. The first-order chi connectivity index (χ1) is 7.90. The molecular weight excluding hydrogens is 220 g/mol. The number of aliphatic carboxylic acids is 1. The fraction of sp³-hybridized carbons (Fsp3) is 0.833. The average Bonchev–Trinajstić information content (AvgIpc) is 2.27. The van der Waals surface area contributed by atoms with E-state index in [4.69, 9.17) is 5.11 Å². The zero-order valence-corrected chi connectivity index (χ0v) is 11.3. The van der Waals surface area contributed by atoms with Crippen molar-refractivity contribution in [2.24, 2.45) is 5.92 Å². The minimum Gasteiger partial charge on any atom is -0.481 e. The molecule has 17 heavy (non-hydrogen) atoms. The third kappa shape index (κ3) is 6.14. The van der Waals surface area contributed by atoms with Gasteiger partial charge in [-0.1, -0.05) is 26.7 Å². The summed E-state index contributed by atoms with van der Waals surface area (Å²) in [6.07, 6.45) is 3.21. The Morgan fingerprint density at radius 2 is 1.76 bits per heavy atom. The summed E-state index contributed by atoms with van der Waals surface area (Å²) in [5.74, 6) is -1.41. The number of carbonyl (C=O) groups is 2. The second kappa shape index (κ2) is 7.92. The fourth-order valence-corrected chi connectivity index (χ4v) is 1.55. The Labute approximate surface area is 103 Å². The van der Waals surface area contributed by atoms with Gasteiger partial charge in [-0.15, -0.1) is 0 Å². The lowest BCUT2D eigenvalue weighted by Gasteiger charge is -2.26.